The normalized spacial score (nSPS) is 10.8. The molecule has 0 aliphatic carbocycles. The standard InChI is InChI=1S/C22H18BrClN2O2/c23-19-8-6-16(7-9-19)12-22(27)26-25-14-18-13-20(24)10-11-21(18)28-15-17-4-2-1-3-5-17/h1-11,13-14H,12,15H2,(H,26,27)/b25-14-. The highest BCUT2D eigenvalue weighted by Gasteiger charge is 2.05. The summed E-state index contributed by atoms with van der Waals surface area (Å²) >= 11 is 9.46. The predicted molar refractivity (Wildman–Crippen MR) is 116 cm³/mol. The molecule has 0 radical (unpaired) electrons. The zero-order chi connectivity index (χ0) is 19.8. The topological polar surface area (TPSA) is 50.7 Å². The zero-order valence-corrected chi connectivity index (χ0v) is 17.3. The molecule has 142 valence electrons. The SMILES string of the molecule is O=C(Cc1ccc(Br)cc1)N/N=C\c1cc(Cl)ccc1OCc1ccccc1. The van der Waals surface area contributed by atoms with Crippen LogP contribution in [0.1, 0.15) is 16.7 Å². The Kier molecular flexibility index (Phi) is 7.23. The van der Waals surface area contributed by atoms with Crippen LogP contribution in [0.4, 0.5) is 0 Å². The summed E-state index contributed by atoms with van der Waals surface area (Å²) in [5.74, 6) is 0.437. The molecule has 28 heavy (non-hydrogen) atoms. The van der Waals surface area contributed by atoms with E-state index in [1.807, 2.05) is 54.6 Å². The van der Waals surface area contributed by atoms with Gasteiger partial charge in [0.15, 0.2) is 0 Å². The fourth-order valence-corrected chi connectivity index (χ4v) is 2.93. The van der Waals surface area contributed by atoms with Gasteiger partial charge < -0.3 is 4.74 Å². The number of ether oxygens (including phenoxy) is 1. The second kappa shape index (κ2) is 10.1. The van der Waals surface area contributed by atoms with E-state index < -0.39 is 0 Å². The average molecular weight is 458 g/mol. The lowest BCUT2D eigenvalue weighted by Gasteiger charge is -2.09. The molecule has 0 aliphatic rings. The largest absolute Gasteiger partial charge is 0.488 e. The van der Waals surface area contributed by atoms with Crippen molar-refractivity contribution in [3.05, 3.63) is 99.0 Å². The Morgan fingerprint density at radius 3 is 2.54 bits per heavy atom. The highest BCUT2D eigenvalue weighted by Crippen LogP contribution is 2.22. The van der Waals surface area contributed by atoms with Gasteiger partial charge in [-0.2, -0.15) is 5.10 Å². The van der Waals surface area contributed by atoms with E-state index in [0.29, 0.717) is 22.9 Å². The molecule has 3 aromatic rings. The number of amides is 1. The first-order valence-electron chi connectivity index (χ1n) is 8.63. The van der Waals surface area contributed by atoms with Crippen LogP contribution in [0.2, 0.25) is 5.02 Å². The fraction of sp³-hybridized carbons (Fsp3) is 0.0909. The van der Waals surface area contributed by atoms with Gasteiger partial charge in [-0.25, -0.2) is 5.43 Å². The van der Waals surface area contributed by atoms with Gasteiger partial charge in [-0.3, -0.25) is 4.79 Å². The molecule has 4 nitrogen and oxygen atoms in total. The van der Waals surface area contributed by atoms with Crippen molar-refractivity contribution in [3.63, 3.8) is 0 Å². The van der Waals surface area contributed by atoms with Crippen molar-refractivity contribution in [1.29, 1.82) is 0 Å². The van der Waals surface area contributed by atoms with Crippen molar-refractivity contribution in [3.8, 4) is 5.75 Å². The summed E-state index contributed by atoms with van der Waals surface area (Å²) < 4.78 is 6.85. The molecule has 0 fully saturated rings. The van der Waals surface area contributed by atoms with E-state index in [1.165, 1.54) is 6.21 Å². The van der Waals surface area contributed by atoms with Gasteiger partial charge in [0.25, 0.3) is 0 Å². The average Bonchev–Trinajstić information content (AvgIpc) is 2.70. The van der Waals surface area contributed by atoms with Crippen LogP contribution in [0.5, 0.6) is 5.75 Å². The van der Waals surface area contributed by atoms with E-state index >= 15 is 0 Å². The van der Waals surface area contributed by atoms with Crippen LogP contribution in [0.3, 0.4) is 0 Å². The predicted octanol–water partition coefficient (Wildman–Crippen LogP) is 5.37. The lowest BCUT2D eigenvalue weighted by molar-refractivity contribution is -0.120. The van der Waals surface area contributed by atoms with E-state index in [1.54, 1.807) is 18.2 Å². The van der Waals surface area contributed by atoms with Crippen LogP contribution in [0, 0.1) is 0 Å². The number of hydrogen-bond donors (Lipinski definition) is 1. The minimum absolute atomic E-state index is 0.202. The Morgan fingerprint density at radius 2 is 1.79 bits per heavy atom. The molecule has 3 aromatic carbocycles. The lowest BCUT2D eigenvalue weighted by Crippen LogP contribution is -2.19. The van der Waals surface area contributed by atoms with Gasteiger partial charge in [0.05, 0.1) is 12.6 Å². The number of hydrogen-bond acceptors (Lipinski definition) is 3. The Bertz CT molecular complexity index is 960. The van der Waals surface area contributed by atoms with Crippen molar-refractivity contribution >= 4 is 39.7 Å². The number of halogens is 2. The first-order valence-corrected chi connectivity index (χ1v) is 9.80. The van der Waals surface area contributed by atoms with Gasteiger partial charge in [-0.15, -0.1) is 0 Å². The van der Waals surface area contributed by atoms with Crippen LogP contribution in [-0.2, 0) is 17.8 Å². The number of hydrazone groups is 1. The number of rotatable bonds is 7. The molecule has 0 saturated carbocycles. The summed E-state index contributed by atoms with van der Waals surface area (Å²) in [6.07, 6.45) is 1.78. The number of benzene rings is 3. The third kappa shape index (κ3) is 6.22. The summed E-state index contributed by atoms with van der Waals surface area (Å²) in [5.41, 5.74) is 5.19. The first-order chi connectivity index (χ1) is 13.6. The summed E-state index contributed by atoms with van der Waals surface area (Å²) in [5, 5.41) is 4.60. The number of nitrogens with zero attached hydrogens (tertiary/aromatic N) is 1. The molecular weight excluding hydrogens is 440 g/mol. The van der Waals surface area contributed by atoms with Crippen LogP contribution < -0.4 is 10.2 Å². The summed E-state index contributed by atoms with van der Waals surface area (Å²) in [7, 11) is 0. The molecule has 0 bridgehead atoms. The Morgan fingerprint density at radius 1 is 1.04 bits per heavy atom. The van der Waals surface area contributed by atoms with E-state index in [9.17, 15) is 4.79 Å². The maximum absolute atomic E-state index is 12.1. The molecule has 0 aliphatic heterocycles. The van der Waals surface area contributed by atoms with Crippen molar-refractivity contribution in [2.75, 3.05) is 0 Å². The van der Waals surface area contributed by atoms with E-state index in [-0.39, 0.29) is 12.3 Å². The molecular formula is C22H18BrClN2O2. The number of carbonyl (C=O) groups is 1. The van der Waals surface area contributed by atoms with Gasteiger partial charge in [0.1, 0.15) is 12.4 Å². The molecule has 0 spiro atoms. The molecule has 0 atom stereocenters. The lowest BCUT2D eigenvalue weighted by atomic mass is 10.1. The molecule has 6 heteroatoms. The molecule has 3 rings (SSSR count). The van der Waals surface area contributed by atoms with Crippen molar-refractivity contribution in [2.24, 2.45) is 5.10 Å². The minimum Gasteiger partial charge on any atom is -0.488 e. The second-order valence-corrected chi connectivity index (χ2v) is 7.40. The van der Waals surface area contributed by atoms with Gasteiger partial charge >= 0.3 is 0 Å². The smallest absolute Gasteiger partial charge is 0.244 e. The quantitative estimate of drug-likeness (QED) is 0.383. The third-order valence-electron chi connectivity index (χ3n) is 3.88. The van der Waals surface area contributed by atoms with Crippen LogP contribution in [-0.4, -0.2) is 12.1 Å². The van der Waals surface area contributed by atoms with Crippen molar-refractivity contribution in [2.45, 2.75) is 13.0 Å². The highest BCUT2D eigenvalue weighted by molar-refractivity contribution is 9.10. The number of carbonyl (C=O) groups excluding carboxylic acids is 1. The Labute approximate surface area is 177 Å². The second-order valence-electron chi connectivity index (χ2n) is 6.05. The summed E-state index contributed by atoms with van der Waals surface area (Å²) in [4.78, 5) is 12.1. The highest BCUT2D eigenvalue weighted by atomic mass is 79.9. The van der Waals surface area contributed by atoms with Crippen molar-refractivity contribution in [1.82, 2.24) is 5.43 Å². The zero-order valence-electron chi connectivity index (χ0n) is 14.9. The van der Waals surface area contributed by atoms with E-state index in [2.05, 4.69) is 26.5 Å². The monoisotopic (exact) mass is 456 g/mol. The first kappa shape index (κ1) is 20.1. The molecule has 0 saturated heterocycles. The van der Waals surface area contributed by atoms with Gasteiger partial charge in [-0.1, -0.05) is 70.0 Å². The summed E-state index contributed by atoms with van der Waals surface area (Å²) in [6.45, 7) is 0.430. The van der Waals surface area contributed by atoms with Crippen LogP contribution >= 0.6 is 27.5 Å². The Balaban J connectivity index is 1.61. The molecule has 0 unspecified atom stereocenters. The molecule has 1 N–H and O–H groups in total. The summed E-state index contributed by atoms with van der Waals surface area (Å²) in [6, 6.07) is 22.7. The van der Waals surface area contributed by atoms with Crippen LogP contribution in [0.15, 0.2) is 82.4 Å². The molecule has 1 amide bonds. The minimum atomic E-state index is -0.202. The van der Waals surface area contributed by atoms with Gasteiger partial charge in [0, 0.05) is 15.1 Å². The van der Waals surface area contributed by atoms with Gasteiger partial charge in [-0.05, 0) is 41.5 Å². The van der Waals surface area contributed by atoms with Crippen LogP contribution in [0.25, 0.3) is 0 Å². The third-order valence-corrected chi connectivity index (χ3v) is 4.64. The molecule has 0 aromatic heterocycles. The Hall–Kier alpha value is -2.63. The fourth-order valence-electron chi connectivity index (χ4n) is 2.49. The maximum Gasteiger partial charge on any atom is 0.244 e. The van der Waals surface area contributed by atoms with Gasteiger partial charge in [0.2, 0.25) is 5.91 Å². The number of nitrogens with one attached hydrogen (secondary N) is 1. The van der Waals surface area contributed by atoms with Crippen molar-refractivity contribution < 1.29 is 9.53 Å². The molecule has 0 heterocycles. The maximum atomic E-state index is 12.1. The van der Waals surface area contributed by atoms with E-state index in [4.69, 9.17) is 16.3 Å². The van der Waals surface area contributed by atoms with E-state index in [0.717, 1.165) is 15.6 Å².